The fourth-order valence-corrected chi connectivity index (χ4v) is 6.48. The summed E-state index contributed by atoms with van der Waals surface area (Å²) < 4.78 is 24.2. The van der Waals surface area contributed by atoms with Gasteiger partial charge in [0, 0.05) is 19.4 Å². The lowest BCUT2D eigenvalue weighted by Gasteiger charge is -2.42. The van der Waals surface area contributed by atoms with Crippen LogP contribution in [0.2, 0.25) is 0 Å². The van der Waals surface area contributed by atoms with Gasteiger partial charge in [-0.25, -0.2) is 0 Å². The molecule has 33 heavy (non-hydrogen) atoms. The number of methoxy groups -OCH3 is 1. The van der Waals surface area contributed by atoms with E-state index in [0.717, 1.165) is 58.0 Å². The molecule has 0 aromatic carbocycles. The van der Waals surface area contributed by atoms with Gasteiger partial charge in [-0.1, -0.05) is 11.6 Å². The Labute approximate surface area is 198 Å². The van der Waals surface area contributed by atoms with Gasteiger partial charge in [-0.2, -0.15) is 0 Å². The van der Waals surface area contributed by atoms with Crippen LogP contribution in [0.4, 0.5) is 0 Å². The second-order valence-electron chi connectivity index (χ2n) is 11.3. The van der Waals surface area contributed by atoms with Crippen LogP contribution in [-0.2, 0) is 28.5 Å². The smallest absolute Gasteiger partial charge is 0.306 e. The van der Waals surface area contributed by atoms with Crippen molar-refractivity contribution in [2.24, 2.45) is 17.8 Å². The molecule has 0 N–H and O–H groups in total. The Kier molecular flexibility index (Phi) is 7.38. The molecular weight excluding hydrogens is 420 g/mol. The van der Waals surface area contributed by atoms with Crippen molar-refractivity contribution in [3.8, 4) is 0 Å². The van der Waals surface area contributed by atoms with Crippen molar-refractivity contribution in [3.63, 3.8) is 0 Å². The quantitative estimate of drug-likeness (QED) is 0.279. The third-order valence-electron chi connectivity index (χ3n) is 8.70. The molecule has 0 radical (unpaired) electrons. The Balaban J connectivity index is 1.32. The molecule has 0 aromatic rings. The predicted molar refractivity (Wildman–Crippen MR) is 125 cm³/mol. The van der Waals surface area contributed by atoms with Gasteiger partial charge in [0.25, 0.3) is 0 Å². The highest BCUT2D eigenvalue weighted by molar-refractivity contribution is 5.78. The number of carbonyl (C=O) groups excluding carboxylic acids is 2. The number of ether oxygens (including phenoxy) is 4. The van der Waals surface area contributed by atoms with Gasteiger partial charge in [-0.3, -0.25) is 9.59 Å². The number of ketones is 1. The van der Waals surface area contributed by atoms with Gasteiger partial charge in [-0.15, -0.1) is 0 Å². The largest absolute Gasteiger partial charge is 0.460 e. The number of Topliss-reactive ketones (excluding diaryl/α,β-unsaturated/α-hetero) is 1. The minimum atomic E-state index is -0.316. The standard InChI is InChI=1S/C27H42O6/c1-17(2)6-12-22-26(4,33-22)25-24(30-5)21(14-15-27(25)16-31-27)32-23(29)13-9-19-7-10-20(11-8-19)18(3)28/h6,19-22,24-25H,7-16H2,1-5H3/t19?,20?,21-,22-,24-,25-,26-,27+/m1/s1. The summed E-state index contributed by atoms with van der Waals surface area (Å²) in [5.74, 6) is 0.963. The van der Waals surface area contributed by atoms with Crippen LogP contribution in [0.3, 0.4) is 0 Å². The molecule has 6 atom stereocenters. The van der Waals surface area contributed by atoms with E-state index in [2.05, 4.69) is 26.8 Å². The Morgan fingerprint density at radius 1 is 1.09 bits per heavy atom. The van der Waals surface area contributed by atoms with E-state index in [1.807, 2.05) is 0 Å². The molecule has 0 amide bonds. The zero-order valence-electron chi connectivity index (χ0n) is 21.1. The van der Waals surface area contributed by atoms with Crippen LogP contribution >= 0.6 is 0 Å². The second kappa shape index (κ2) is 9.79. The fraction of sp³-hybridized carbons (Fsp3) is 0.852. The molecular formula is C27H42O6. The first-order chi connectivity index (χ1) is 15.7. The van der Waals surface area contributed by atoms with E-state index >= 15 is 0 Å². The van der Waals surface area contributed by atoms with Gasteiger partial charge in [0.2, 0.25) is 0 Å². The summed E-state index contributed by atoms with van der Waals surface area (Å²) in [5, 5.41) is 0. The van der Waals surface area contributed by atoms with Crippen molar-refractivity contribution in [1.29, 1.82) is 0 Å². The molecule has 0 aromatic heterocycles. The number of hydrogen-bond donors (Lipinski definition) is 0. The number of rotatable bonds is 9. The molecule has 6 heteroatoms. The maximum Gasteiger partial charge on any atom is 0.306 e. The first-order valence-corrected chi connectivity index (χ1v) is 12.9. The van der Waals surface area contributed by atoms with E-state index in [4.69, 9.17) is 18.9 Å². The molecule has 2 aliphatic carbocycles. The van der Waals surface area contributed by atoms with Gasteiger partial charge in [0.05, 0.1) is 18.6 Å². The lowest BCUT2D eigenvalue weighted by atomic mass is 9.68. The maximum atomic E-state index is 12.8. The molecule has 6 nitrogen and oxygen atoms in total. The van der Waals surface area contributed by atoms with E-state index in [1.54, 1.807) is 14.0 Å². The number of carbonyl (C=O) groups is 2. The van der Waals surface area contributed by atoms with Crippen LogP contribution in [0, 0.1) is 17.8 Å². The number of hydrogen-bond acceptors (Lipinski definition) is 6. The zero-order chi connectivity index (χ0) is 23.8. The highest BCUT2D eigenvalue weighted by atomic mass is 16.6. The van der Waals surface area contributed by atoms with Crippen molar-refractivity contribution in [2.75, 3.05) is 13.7 Å². The zero-order valence-corrected chi connectivity index (χ0v) is 21.1. The molecule has 4 rings (SSSR count). The van der Waals surface area contributed by atoms with E-state index in [9.17, 15) is 9.59 Å². The highest BCUT2D eigenvalue weighted by Crippen LogP contribution is 2.59. The van der Waals surface area contributed by atoms with Gasteiger partial charge in [-0.05, 0) is 85.0 Å². The summed E-state index contributed by atoms with van der Waals surface area (Å²) in [6.07, 6.45) is 9.67. The average molecular weight is 463 g/mol. The van der Waals surface area contributed by atoms with Crippen molar-refractivity contribution in [2.45, 2.75) is 115 Å². The average Bonchev–Trinajstić information content (AvgIpc) is 3.69. The molecule has 0 bridgehead atoms. The minimum absolute atomic E-state index is 0.0546. The monoisotopic (exact) mass is 462 g/mol. The number of esters is 1. The second-order valence-corrected chi connectivity index (χ2v) is 11.3. The van der Waals surface area contributed by atoms with Crippen molar-refractivity contribution in [3.05, 3.63) is 11.6 Å². The molecule has 0 unspecified atom stereocenters. The predicted octanol–water partition coefficient (Wildman–Crippen LogP) is 4.78. The van der Waals surface area contributed by atoms with E-state index in [-0.39, 0.29) is 47.3 Å². The van der Waals surface area contributed by atoms with Gasteiger partial charge in [0.1, 0.15) is 29.2 Å². The third kappa shape index (κ3) is 5.38. The Morgan fingerprint density at radius 2 is 1.79 bits per heavy atom. The fourth-order valence-electron chi connectivity index (χ4n) is 6.48. The first-order valence-electron chi connectivity index (χ1n) is 12.9. The van der Waals surface area contributed by atoms with Crippen molar-refractivity contribution >= 4 is 11.8 Å². The number of allylic oxidation sites excluding steroid dienone is 1. The first kappa shape index (κ1) is 24.9. The number of epoxide rings is 2. The Morgan fingerprint density at radius 3 is 2.36 bits per heavy atom. The molecule has 2 saturated carbocycles. The third-order valence-corrected chi connectivity index (χ3v) is 8.70. The Bertz CT molecular complexity index is 759. The summed E-state index contributed by atoms with van der Waals surface area (Å²) in [6.45, 7) is 8.80. The van der Waals surface area contributed by atoms with Crippen LogP contribution in [0.25, 0.3) is 0 Å². The minimum Gasteiger partial charge on any atom is -0.460 e. The molecule has 186 valence electrons. The van der Waals surface area contributed by atoms with Gasteiger partial charge >= 0.3 is 5.97 Å². The van der Waals surface area contributed by atoms with Crippen molar-refractivity contribution in [1.82, 2.24) is 0 Å². The summed E-state index contributed by atoms with van der Waals surface area (Å²) in [7, 11) is 1.71. The summed E-state index contributed by atoms with van der Waals surface area (Å²) in [6, 6.07) is 0. The molecule has 2 heterocycles. The van der Waals surface area contributed by atoms with E-state index in [1.165, 1.54) is 5.57 Å². The van der Waals surface area contributed by atoms with Crippen LogP contribution in [-0.4, -0.2) is 55.0 Å². The molecule has 4 fully saturated rings. The van der Waals surface area contributed by atoms with Gasteiger partial charge in [0.15, 0.2) is 0 Å². The normalized spacial score (nSPS) is 42.0. The summed E-state index contributed by atoms with van der Waals surface area (Å²) in [5.41, 5.74) is 0.774. The lowest BCUT2D eigenvalue weighted by Crippen LogP contribution is -2.55. The van der Waals surface area contributed by atoms with Crippen LogP contribution < -0.4 is 0 Å². The topological polar surface area (TPSA) is 77.7 Å². The molecule has 4 aliphatic rings. The summed E-state index contributed by atoms with van der Waals surface area (Å²) in [4.78, 5) is 24.4. The maximum absolute atomic E-state index is 12.8. The highest BCUT2D eigenvalue weighted by Gasteiger charge is 2.72. The Hall–Kier alpha value is -1.24. The molecule has 1 spiro atoms. The van der Waals surface area contributed by atoms with Crippen LogP contribution in [0.15, 0.2) is 11.6 Å². The SMILES string of the molecule is CO[C@@H]1[C@H](OC(=O)CCC2CCC(C(C)=O)CC2)CC[C@]2(CO2)[C@H]1[C@]1(C)O[C@@H]1CC=C(C)C. The van der Waals surface area contributed by atoms with Crippen LogP contribution in [0.1, 0.15) is 85.5 Å². The van der Waals surface area contributed by atoms with Gasteiger partial charge < -0.3 is 18.9 Å². The van der Waals surface area contributed by atoms with E-state index in [0.29, 0.717) is 18.1 Å². The molecule has 2 aliphatic heterocycles. The van der Waals surface area contributed by atoms with Crippen LogP contribution in [0.5, 0.6) is 0 Å². The van der Waals surface area contributed by atoms with E-state index < -0.39 is 0 Å². The summed E-state index contributed by atoms with van der Waals surface area (Å²) >= 11 is 0. The lowest BCUT2D eigenvalue weighted by molar-refractivity contribution is -0.172. The molecule has 2 saturated heterocycles. The van der Waals surface area contributed by atoms with Crippen molar-refractivity contribution < 1.29 is 28.5 Å².